The molecule has 1 atom stereocenters. The first-order chi connectivity index (χ1) is 13.0. The molecule has 0 bridgehead atoms. The Morgan fingerprint density at radius 1 is 1.07 bits per heavy atom. The first-order valence-electron chi connectivity index (χ1n) is 8.46. The van der Waals surface area contributed by atoms with Crippen molar-refractivity contribution in [2.24, 2.45) is 0 Å². The van der Waals surface area contributed by atoms with Gasteiger partial charge >= 0.3 is 0 Å². The molecule has 0 saturated carbocycles. The average Bonchev–Trinajstić information content (AvgIpc) is 2.95. The van der Waals surface area contributed by atoms with Crippen molar-refractivity contribution in [2.45, 2.75) is 13.1 Å². The third kappa shape index (κ3) is 3.17. The van der Waals surface area contributed by atoms with Crippen LogP contribution in [0.15, 0.2) is 66.9 Å². The minimum atomic E-state index is -0.412. The average molecular weight is 378 g/mol. The molecule has 1 aliphatic heterocycles. The Morgan fingerprint density at radius 2 is 1.81 bits per heavy atom. The Hall–Kier alpha value is -3.18. The fourth-order valence-electron chi connectivity index (χ4n) is 3.16. The minimum Gasteiger partial charge on any atom is -0.361 e. The van der Waals surface area contributed by atoms with E-state index in [9.17, 15) is 9.59 Å². The number of anilines is 2. The molecule has 3 aromatic rings. The number of nitrogens with one attached hydrogen (secondary N) is 1. The zero-order valence-electron chi connectivity index (χ0n) is 14.5. The van der Waals surface area contributed by atoms with Gasteiger partial charge in [-0.15, -0.1) is 0 Å². The molecule has 27 heavy (non-hydrogen) atoms. The summed E-state index contributed by atoms with van der Waals surface area (Å²) < 4.78 is 0. The van der Waals surface area contributed by atoms with Crippen LogP contribution in [0.4, 0.5) is 11.5 Å². The van der Waals surface area contributed by atoms with Crippen molar-refractivity contribution in [1.82, 2.24) is 4.98 Å². The van der Waals surface area contributed by atoms with Gasteiger partial charge in [0, 0.05) is 28.6 Å². The predicted octanol–water partition coefficient (Wildman–Crippen LogP) is 4.71. The summed E-state index contributed by atoms with van der Waals surface area (Å²) in [7, 11) is 0. The first kappa shape index (κ1) is 17.2. The van der Waals surface area contributed by atoms with Crippen LogP contribution in [0.1, 0.15) is 39.4 Å². The van der Waals surface area contributed by atoms with Gasteiger partial charge in [0.15, 0.2) is 5.78 Å². The van der Waals surface area contributed by atoms with Crippen molar-refractivity contribution in [3.05, 3.63) is 88.6 Å². The van der Waals surface area contributed by atoms with Crippen LogP contribution in [0.2, 0.25) is 5.02 Å². The summed E-state index contributed by atoms with van der Waals surface area (Å²) in [4.78, 5) is 30.4. The smallest absolute Gasteiger partial charge is 0.261 e. The molecular formula is C21H16ClN3O2. The highest BCUT2D eigenvalue weighted by Crippen LogP contribution is 2.37. The Kier molecular flexibility index (Phi) is 4.38. The number of fused-ring (bicyclic) bond motifs is 1. The van der Waals surface area contributed by atoms with Crippen molar-refractivity contribution >= 4 is 34.8 Å². The topological polar surface area (TPSA) is 62.3 Å². The molecule has 1 unspecified atom stereocenters. The Morgan fingerprint density at radius 3 is 2.48 bits per heavy atom. The summed E-state index contributed by atoms with van der Waals surface area (Å²) >= 11 is 5.94. The van der Waals surface area contributed by atoms with Gasteiger partial charge in [-0.25, -0.2) is 4.98 Å². The molecule has 2 heterocycles. The number of aromatic nitrogens is 1. The van der Waals surface area contributed by atoms with Crippen molar-refractivity contribution in [3.63, 3.8) is 0 Å². The van der Waals surface area contributed by atoms with E-state index in [1.165, 1.54) is 13.1 Å². The molecular weight excluding hydrogens is 362 g/mol. The quantitative estimate of drug-likeness (QED) is 0.669. The highest BCUT2D eigenvalue weighted by Gasteiger charge is 2.38. The zero-order chi connectivity index (χ0) is 19.0. The van der Waals surface area contributed by atoms with Crippen LogP contribution >= 0.6 is 11.6 Å². The minimum absolute atomic E-state index is 0.00919. The highest BCUT2D eigenvalue weighted by atomic mass is 35.5. The van der Waals surface area contributed by atoms with Crippen LogP contribution in [0.3, 0.4) is 0 Å². The monoisotopic (exact) mass is 377 g/mol. The van der Waals surface area contributed by atoms with Crippen molar-refractivity contribution in [1.29, 1.82) is 0 Å². The molecule has 1 aliphatic rings. The highest BCUT2D eigenvalue weighted by molar-refractivity contribution is 6.30. The normalized spacial score (nSPS) is 15.6. The second-order valence-electron chi connectivity index (χ2n) is 6.28. The Labute approximate surface area is 161 Å². The van der Waals surface area contributed by atoms with E-state index in [1.54, 1.807) is 35.2 Å². The number of nitrogens with zero attached hydrogens (tertiary/aromatic N) is 2. The SMILES string of the molecule is CC(=O)c1ccc(NC2c3ccccc3C(=O)N2c2ccc(Cl)cn2)cc1. The maximum absolute atomic E-state index is 13.0. The molecule has 1 N–H and O–H groups in total. The van der Waals surface area contributed by atoms with Crippen LogP contribution < -0.4 is 10.2 Å². The van der Waals surface area contributed by atoms with Crippen LogP contribution in [0, 0.1) is 0 Å². The van der Waals surface area contributed by atoms with Crippen LogP contribution in [0.25, 0.3) is 0 Å². The summed E-state index contributed by atoms with van der Waals surface area (Å²) in [6.45, 7) is 1.53. The summed E-state index contributed by atoms with van der Waals surface area (Å²) in [6, 6.07) is 18.1. The maximum Gasteiger partial charge on any atom is 0.261 e. The molecule has 0 spiro atoms. The van der Waals surface area contributed by atoms with E-state index < -0.39 is 6.17 Å². The number of pyridine rings is 1. The van der Waals surface area contributed by atoms with Crippen molar-refractivity contribution < 1.29 is 9.59 Å². The predicted molar refractivity (Wildman–Crippen MR) is 105 cm³/mol. The molecule has 134 valence electrons. The second kappa shape index (κ2) is 6.85. The van der Waals surface area contributed by atoms with Gasteiger partial charge in [-0.05, 0) is 49.4 Å². The molecule has 0 aliphatic carbocycles. The van der Waals surface area contributed by atoms with Crippen LogP contribution in [0.5, 0.6) is 0 Å². The summed E-state index contributed by atoms with van der Waals surface area (Å²) in [6.07, 6.45) is 1.11. The number of Topliss-reactive ketones (excluding diaryl/α,β-unsaturated/α-hetero) is 1. The van der Waals surface area contributed by atoms with Crippen LogP contribution in [-0.4, -0.2) is 16.7 Å². The molecule has 6 heteroatoms. The second-order valence-corrected chi connectivity index (χ2v) is 6.71. The van der Waals surface area contributed by atoms with Gasteiger partial charge < -0.3 is 5.32 Å². The lowest BCUT2D eigenvalue weighted by molar-refractivity contribution is 0.0989. The number of carbonyl (C=O) groups excluding carboxylic acids is 2. The largest absolute Gasteiger partial charge is 0.361 e. The lowest BCUT2D eigenvalue weighted by Crippen LogP contribution is -2.32. The van der Waals surface area contributed by atoms with E-state index in [1.807, 2.05) is 30.3 Å². The molecule has 4 rings (SSSR count). The summed E-state index contributed by atoms with van der Waals surface area (Å²) in [5, 5.41) is 3.88. The van der Waals surface area contributed by atoms with E-state index in [0.717, 1.165) is 11.3 Å². The first-order valence-corrected chi connectivity index (χ1v) is 8.84. The van der Waals surface area contributed by atoms with Crippen molar-refractivity contribution in [2.75, 3.05) is 10.2 Å². The van der Waals surface area contributed by atoms with Crippen LogP contribution in [-0.2, 0) is 0 Å². The van der Waals surface area contributed by atoms with Gasteiger partial charge in [0.2, 0.25) is 0 Å². The Bertz CT molecular complexity index is 1020. The number of hydrogen-bond donors (Lipinski definition) is 1. The molecule has 0 saturated heterocycles. The van der Waals surface area contributed by atoms with Gasteiger partial charge in [-0.3, -0.25) is 14.5 Å². The lowest BCUT2D eigenvalue weighted by Gasteiger charge is -2.26. The molecule has 2 aromatic carbocycles. The fourth-order valence-corrected chi connectivity index (χ4v) is 3.28. The number of halogens is 1. The molecule has 0 fully saturated rings. The van der Waals surface area contributed by atoms with Gasteiger partial charge in [0.05, 0.1) is 5.02 Å². The number of amides is 1. The van der Waals surface area contributed by atoms with Gasteiger partial charge in [0.1, 0.15) is 12.0 Å². The summed E-state index contributed by atoms with van der Waals surface area (Å²) in [5.74, 6) is 0.395. The number of hydrogen-bond acceptors (Lipinski definition) is 4. The van der Waals surface area contributed by atoms with Gasteiger partial charge in [-0.1, -0.05) is 29.8 Å². The number of benzene rings is 2. The number of ketones is 1. The molecule has 1 aromatic heterocycles. The number of rotatable bonds is 4. The standard InChI is InChI=1S/C21H16ClN3O2/c1-13(26)14-6-9-16(10-7-14)24-20-17-4-2-3-5-18(17)21(27)25(20)19-11-8-15(22)12-23-19/h2-12,20,24H,1H3. The zero-order valence-corrected chi connectivity index (χ0v) is 15.3. The van der Waals surface area contributed by atoms with Crippen molar-refractivity contribution in [3.8, 4) is 0 Å². The maximum atomic E-state index is 13.0. The van der Waals surface area contributed by atoms with Gasteiger partial charge in [0.25, 0.3) is 5.91 Å². The third-order valence-corrected chi connectivity index (χ3v) is 4.74. The Balaban J connectivity index is 1.73. The van der Waals surface area contributed by atoms with E-state index >= 15 is 0 Å². The molecule has 5 nitrogen and oxygen atoms in total. The van der Waals surface area contributed by atoms with Gasteiger partial charge in [-0.2, -0.15) is 0 Å². The van der Waals surface area contributed by atoms with E-state index in [-0.39, 0.29) is 11.7 Å². The van der Waals surface area contributed by atoms with E-state index in [4.69, 9.17) is 11.6 Å². The fraction of sp³-hybridized carbons (Fsp3) is 0.0952. The number of carbonyl (C=O) groups is 2. The summed E-state index contributed by atoms with van der Waals surface area (Å²) in [5.41, 5.74) is 2.94. The van der Waals surface area contributed by atoms with E-state index in [0.29, 0.717) is 22.0 Å². The van der Waals surface area contributed by atoms with E-state index in [2.05, 4.69) is 10.3 Å². The third-order valence-electron chi connectivity index (χ3n) is 4.52. The molecule has 0 radical (unpaired) electrons. The lowest BCUT2D eigenvalue weighted by atomic mass is 10.1. The molecule has 1 amide bonds.